The van der Waals surface area contributed by atoms with Gasteiger partial charge in [0.2, 0.25) is 5.82 Å². The van der Waals surface area contributed by atoms with Crippen LogP contribution in [0.15, 0.2) is 24.3 Å². The van der Waals surface area contributed by atoms with Gasteiger partial charge in [0.15, 0.2) is 11.6 Å². The van der Waals surface area contributed by atoms with E-state index < -0.39 is 28.0 Å². The van der Waals surface area contributed by atoms with Crippen molar-refractivity contribution in [1.29, 1.82) is 0 Å². The van der Waals surface area contributed by atoms with Gasteiger partial charge in [-0.25, -0.2) is 4.39 Å². The van der Waals surface area contributed by atoms with E-state index in [-0.39, 0.29) is 13.2 Å². The van der Waals surface area contributed by atoms with Gasteiger partial charge in [0, 0.05) is 12.6 Å². The van der Waals surface area contributed by atoms with Crippen molar-refractivity contribution >= 4 is 5.69 Å². The number of nitrogens with zero attached hydrogens (tertiary/aromatic N) is 1. The van der Waals surface area contributed by atoms with Gasteiger partial charge in [-0.3, -0.25) is 10.1 Å². The third kappa shape index (κ3) is 3.22. The lowest BCUT2D eigenvalue weighted by Gasteiger charge is -2.08. The van der Waals surface area contributed by atoms with Crippen molar-refractivity contribution < 1.29 is 18.4 Å². The Morgan fingerprint density at radius 2 is 2.12 bits per heavy atom. The third-order valence-corrected chi connectivity index (χ3v) is 1.92. The second kappa shape index (κ2) is 5.35. The summed E-state index contributed by atoms with van der Waals surface area (Å²) < 4.78 is 31.3. The molecule has 1 aromatic carbocycles. The van der Waals surface area contributed by atoms with Gasteiger partial charge in [-0.15, -0.1) is 0 Å². The first-order valence-corrected chi connectivity index (χ1v) is 4.58. The number of nitrogens with two attached hydrogens (primary N) is 1. The predicted molar refractivity (Wildman–Crippen MR) is 56.7 cm³/mol. The summed E-state index contributed by atoms with van der Waals surface area (Å²) in [6.07, 6.45) is 0. The standard InChI is InChI=1S/C10H10F2N2O3/c1-6(4-13)5-17-10-3-7(11)9(14(15)16)2-8(10)12/h2-3H,1,4-5,13H2. The van der Waals surface area contributed by atoms with Gasteiger partial charge in [-0.1, -0.05) is 6.58 Å². The Morgan fingerprint density at radius 1 is 1.47 bits per heavy atom. The smallest absolute Gasteiger partial charge is 0.307 e. The molecule has 0 fully saturated rings. The Labute approximate surface area is 95.6 Å². The summed E-state index contributed by atoms with van der Waals surface area (Å²) in [6, 6.07) is 1.09. The normalized spacial score (nSPS) is 10.1. The summed E-state index contributed by atoms with van der Waals surface area (Å²) in [5, 5.41) is 10.3. The number of ether oxygens (including phenoxy) is 1. The zero-order valence-electron chi connectivity index (χ0n) is 8.78. The Bertz CT molecular complexity index is 463. The van der Waals surface area contributed by atoms with Crippen LogP contribution in [-0.2, 0) is 0 Å². The van der Waals surface area contributed by atoms with E-state index in [0.717, 1.165) is 0 Å². The molecule has 0 saturated carbocycles. The molecule has 0 amide bonds. The van der Waals surface area contributed by atoms with Crippen LogP contribution in [0.2, 0.25) is 0 Å². The van der Waals surface area contributed by atoms with E-state index in [0.29, 0.717) is 17.7 Å². The average molecular weight is 244 g/mol. The summed E-state index contributed by atoms with van der Waals surface area (Å²) >= 11 is 0. The molecule has 0 saturated heterocycles. The minimum atomic E-state index is -1.16. The summed E-state index contributed by atoms with van der Waals surface area (Å²) in [5.41, 5.74) is 4.78. The first-order chi connectivity index (χ1) is 7.95. The molecule has 0 aliphatic carbocycles. The number of hydrogen-bond acceptors (Lipinski definition) is 4. The van der Waals surface area contributed by atoms with Gasteiger partial charge in [0.1, 0.15) is 6.61 Å². The number of hydrogen-bond donors (Lipinski definition) is 1. The Kier molecular flexibility index (Phi) is 4.11. The Morgan fingerprint density at radius 3 is 2.65 bits per heavy atom. The van der Waals surface area contributed by atoms with Crippen LogP contribution in [0, 0.1) is 21.7 Å². The van der Waals surface area contributed by atoms with E-state index in [1.54, 1.807) is 0 Å². The summed E-state index contributed by atoms with van der Waals surface area (Å²) in [6.45, 7) is 3.58. The van der Waals surface area contributed by atoms with E-state index in [9.17, 15) is 18.9 Å². The molecule has 7 heteroatoms. The average Bonchev–Trinajstić information content (AvgIpc) is 2.28. The maximum absolute atomic E-state index is 13.3. The molecule has 17 heavy (non-hydrogen) atoms. The van der Waals surface area contributed by atoms with Crippen LogP contribution in [0.25, 0.3) is 0 Å². The van der Waals surface area contributed by atoms with Crippen molar-refractivity contribution in [3.8, 4) is 5.75 Å². The first-order valence-electron chi connectivity index (χ1n) is 4.58. The van der Waals surface area contributed by atoms with Crippen molar-refractivity contribution in [2.45, 2.75) is 0 Å². The summed E-state index contributed by atoms with van der Waals surface area (Å²) in [4.78, 5) is 9.31. The minimum Gasteiger partial charge on any atom is -0.486 e. The lowest BCUT2D eigenvalue weighted by molar-refractivity contribution is -0.387. The van der Waals surface area contributed by atoms with Gasteiger partial charge in [0.25, 0.3) is 0 Å². The van der Waals surface area contributed by atoms with Gasteiger partial charge < -0.3 is 10.5 Å². The number of rotatable bonds is 5. The van der Waals surface area contributed by atoms with Crippen LogP contribution in [-0.4, -0.2) is 18.1 Å². The molecular weight excluding hydrogens is 234 g/mol. The zero-order chi connectivity index (χ0) is 13.0. The molecule has 0 atom stereocenters. The highest BCUT2D eigenvalue weighted by Gasteiger charge is 2.19. The fraction of sp³-hybridized carbons (Fsp3) is 0.200. The maximum atomic E-state index is 13.3. The van der Waals surface area contributed by atoms with E-state index in [2.05, 4.69) is 6.58 Å². The van der Waals surface area contributed by atoms with E-state index in [1.807, 2.05) is 0 Å². The predicted octanol–water partition coefficient (Wildman–Crippen LogP) is 1.77. The van der Waals surface area contributed by atoms with Gasteiger partial charge >= 0.3 is 5.69 Å². The molecule has 2 N–H and O–H groups in total. The largest absolute Gasteiger partial charge is 0.486 e. The number of benzene rings is 1. The van der Waals surface area contributed by atoms with Gasteiger partial charge in [-0.2, -0.15) is 4.39 Å². The monoisotopic (exact) mass is 244 g/mol. The lowest BCUT2D eigenvalue weighted by atomic mass is 10.2. The van der Waals surface area contributed by atoms with Crippen molar-refractivity contribution in [2.24, 2.45) is 5.73 Å². The second-order valence-electron chi connectivity index (χ2n) is 3.23. The highest BCUT2D eigenvalue weighted by Crippen LogP contribution is 2.26. The molecule has 0 aromatic heterocycles. The van der Waals surface area contributed by atoms with E-state index in [4.69, 9.17) is 10.5 Å². The molecule has 0 radical (unpaired) electrons. The molecule has 0 heterocycles. The molecule has 0 bridgehead atoms. The van der Waals surface area contributed by atoms with Crippen LogP contribution in [0.3, 0.4) is 0 Å². The SMILES string of the molecule is C=C(CN)COc1cc(F)c([N+](=O)[O-])cc1F. The minimum absolute atomic E-state index is 0.0787. The molecule has 1 rings (SSSR count). The van der Waals surface area contributed by atoms with Crippen molar-refractivity contribution in [1.82, 2.24) is 0 Å². The van der Waals surface area contributed by atoms with Crippen molar-refractivity contribution in [2.75, 3.05) is 13.2 Å². The van der Waals surface area contributed by atoms with Crippen LogP contribution in [0.5, 0.6) is 5.75 Å². The molecule has 0 spiro atoms. The number of halogens is 2. The number of nitro benzene ring substituents is 1. The highest BCUT2D eigenvalue weighted by molar-refractivity contribution is 5.39. The summed E-state index contributed by atoms with van der Waals surface area (Å²) in [7, 11) is 0. The zero-order valence-corrected chi connectivity index (χ0v) is 8.78. The molecule has 1 aromatic rings. The molecule has 92 valence electrons. The topological polar surface area (TPSA) is 78.4 Å². The van der Waals surface area contributed by atoms with Crippen molar-refractivity contribution in [3.05, 3.63) is 46.0 Å². The van der Waals surface area contributed by atoms with Crippen LogP contribution in [0.1, 0.15) is 0 Å². The van der Waals surface area contributed by atoms with Crippen molar-refractivity contribution in [3.63, 3.8) is 0 Å². The highest BCUT2D eigenvalue weighted by atomic mass is 19.1. The summed E-state index contributed by atoms with van der Waals surface area (Å²) in [5.74, 6) is -2.59. The number of nitro groups is 1. The third-order valence-electron chi connectivity index (χ3n) is 1.92. The van der Waals surface area contributed by atoms with Crippen LogP contribution in [0.4, 0.5) is 14.5 Å². The van der Waals surface area contributed by atoms with Crippen LogP contribution >= 0.6 is 0 Å². The molecule has 0 aliphatic heterocycles. The van der Waals surface area contributed by atoms with Crippen LogP contribution < -0.4 is 10.5 Å². The molecule has 5 nitrogen and oxygen atoms in total. The van der Waals surface area contributed by atoms with E-state index >= 15 is 0 Å². The maximum Gasteiger partial charge on any atom is 0.307 e. The quantitative estimate of drug-likeness (QED) is 0.486. The molecular formula is C10H10F2N2O3. The van der Waals surface area contributed by atoms with Gasteiger partial charge in [0.05, 0.1) is 11.0 Å². The van der Waals surface area contributed by atoms with Gasteiger partial charge in [-0.05, 0) is 5.57 Å². The Balaban J connectivity index is 2.92. The molecule has 0 aliphatic rings. The first kappa shape index (κ1) is 13.0. The Hall–Kier alpha value is -2.02. The van der Waals surface area contributed by atoms with E-state index in [1.165, 1.54) is 0 Å². The molecule has 0 unspecified atom stereocenters. The lowest BCUT2D eigenvalue weighted by Crippen LogP contribution is -2.10. The fourth-order valence-electron chi connectivity index (χ4n) is 1.01. The second-order valence-corrected chi connectivity index (χ2v) is 3.23. The fourth-order valence-corrected chi connectivity index (χ4v) is 1.01.